The summed E-state index contributed by atoms with van der Waals surface area (Å²) in [6.45, 7) is 2.58. The Bertz CT molecular complexity index is 512. The van der Waals surface area contributed by atoms with Crippen molar-refractivity contribution in [3.63, 3.8) is 0 Å². The summed E-state index contributed by atoms with van der Waals surface area (Å²) >= 11 is 1.49. The van der Waals surface area contributed by atoms with Gasteiger partial charge in [-0.05, 0) is 24.8 Å². The van der Waals surface area contributed by atoms with Crippen molar-refractivity contribution in [1.82, 2.24) is 5.32 Å². The lowest BCUT2D eigenvalue weighted by atomic mass is 9.97. The SMILES string of the molecule is CC1CCCCCC1NC(=O)c1csc(C#CCN)c1. The number of carbonyl (C=O) groups excluding carboxylic acids is 1. The van der Waals surface area contributed by atoms with Gasteiger partial charge < -0.3 is 11.1 Å². The molecule has 0 saturated heterocycles. The second kappa shape index (κ2) is 7.47. The molecular weight excluding hydrogens is 268 g/mol. The molecule has 0 aliphatic heterocycles. The van der Waals surface area contributed by atoms with Crippen LogP contribution >= 0.6 is 11.3 Å². The third-order valence-electron chi connectivity index (χ3n) is 3.85. The largest absolute Gasteiger partial charge is 0.349 e. The van der Waals surface area contributed by atoms with E-state index in [2.05, 4.69) is 24.1 Å². The van der Waals surface area contributed by atoms with Crippen LogP contribution in [0.15, 0.2) is 11.4 Å². The van der Waals surface area contributed by atoms with Crippen molar-refractivity contribution in [3.05, 3.63) is 21.9 Å². The molecule has 2 unspecified atom stereocenters. The number of nitrogens with one attached hydrogen (secondary N) is 1. The summed E-state index contributed by atoms with van der Waals surface area (Å²) in [7, 11) is 0. The van der Waals surface area contributed by atoms with Crippen LogP contribution in [0, 0.1) is 17.8 Å². The van der Waals surface area contributed by atoms with Crippen LogP contribution in [0.1, 0.15) is 54.3 Å². The van der Waals surface area contributed by atoms with E-state index in [1.165, 1.54) is 37.0 Å². The maximum absolute atomic E-state index is 12.3. The Labute approximate surface area is 124 Å². The van der Waals surface area contributed by atoms with Crippen LogP contribution in [-0.2, 0) is 0 Å². The molecule has 1 saturated carbocycles. The average Bonchev–Trinajstić information content (AvgIpc) is 2.83. The molecule has 1 heterocycles. The van der Waals surface area contributed by atoms with Crippen LogP contribution in [0.25, 0.3) is 0 Å². The number of hydrogen-bond acceptors (Lipinski definition) is 3. The van der Waals surface area contributed by atoms with Gasteiger partial charge in [-0.15, -0.1) is 11.3 Å². The number of amides is 1. The van der Waals surface area contributed by atoms with Crippen LogP contribution in [0.3, 0.4) is 0 Å². The molecule has 1 aliphatic rings. The van der Waals surface area contributed by atoms with Crippen molar-refractivity contribution in [2.45, 2.75) is 45.1 Å². The first kappa shape index (κ1) is 15.1. The van der Waals surface area contributed by atoms with Gasteiger partial charge in [-0.25, -0.2) is 0 Å². The number of thiophene rings is 1. The molecule has 2 rings (SSSR count). The van der Waals surface area contributed by atoms with E-state index in [4.69, 9.17) is 5.73 Å². The van der Waals surface area contributed by atoms with Gasteiger partial charge in [-0.1, -0.05) is 38.0 Å². The van der Waals surface area contributed by atoms with Gasteiger partial charge >= 0.3 is 0 Å². The molecule has 3 N–H and O–H groups in total. The fraction of sp³-hybridized carbons (Fsp3) is 0.562. The van der Waals surface area contributed by atoms with Crippen molar-refractivity contribution >= 4 is 17.2 Å². The molecule has 2 atom stereocenters. The van der Waals surface area contributed by atoms with E-state index in [-0.39, 0.29) is 5.91 Å². The van der Waals surface area contributed by atoms with Crippen molar-refractivity contribution in [1.29, 1.82) is 0 Å². The van der Waals surface area contributed by atoms with Crippen molar-refractivity contribution < 1.29 is 4.79 Å². The molecule has 1 aliphatic carbocycles. The van der Waals surface area contributed by atoms with Gasteiger partial charge in [0.05, 0.1) is 17.0 Å². The topological polar surface area (TPSA) is 55.1 Å². The predicted octanol–water partition coefficient (Wildman–Crippen LogP) is 2.76. The monoisotopic (exact) mass is 290 g/mol. The summed E-state index contributed by atoms with van der Waals surface area (Å²) in [6.07, 6.45) is 6.09. The van der Waals surface area contributed by atoms with Crippen molar-refractivity contribution in [2.24, 2.45) is 11.7 Å². The predicted molar refractivity (Wildman–Crippen MR) is 83.8 cm³/mol. The van der Waals surface area contributed by atoms with E-state index in [0.29, 0.717) is 24.1 Å². The van der Waals surface area contributed by atoms with Crippen molar-refractivity contribution in [2.75, 3.05) is 6.54 Å². The Hall–Kier alpha value is -1.31. The van der Waals surface area contributed by atoms with Gasteiger partial charge in [0.15, 0.2) is 0 Å². The molecule has 3 nitrogen and oxygen atoms in total. The van der Waals surface area contributed by atoms with E-state index in [0.717, 1.165) is 11.3 Å². The number of carbonyl (C=O) groups is 1. The summed E-state index contributed by atoms with van der Waals surface area (Å²) in [6, 6.07) is 2.16. The van der Waals surface area contributed by atoms with Crippen LogP contribution in [0.5, 0.6) is 0 Å². The fourth-order valence-electron chi connectivity index (χ4n) is 2.62. The highest BCUT2D eigenvalue weighted by Gasteiger charge is 2.22. The van der Waals surface area contributed by atoms with Crippen LogP contribution < -0.4 is 11.1 Å². The van der Waals surface area contributed by atoms with Gasteiger partial charge in [0.2, 0.25) is 0 Å². The molecule has 1 fully saturated rings. The van der Waals surface area contributed by atoms with Gasteiger partial charge in [0.25, 0.3) is 5.91 Å². The molecule has 0 radical (unpaired) electrons. The minimum absolute atomic E-state index is 0.0285. The number of rotatable bonds is 2. The molecule has 0 aromatic carbocycles. The third kappa shape index (κ3) is 4.09. The summed E-state index contributed by atoms with van der Waals surface area (Å²) in [4.78, 5) is 13.2. The standard InChI is InChI=1S/C16H22N2OS/c1-12-6-3-2-4-8-15(12)18-16(19)13-10-14(20-11-13)7-5-9-17/h10-12,15H,2-4,6,8-9,17H2,1H3,(H,18,19). The Kier molecular flexibility index (Phi) is 5.63. The molecule has 20 heavy (non-hydrogen) atoms. The Morgan fingerprint density at radius 1 is 1.45 bits per heavy atom. The Balaban J connectivity index is 1.98. The maximum atomic E-state index is 12.3. The normalized spacial score (nSPS) is 22.5. The Morgan fingerprint density at radius 3 is 3.05 bits per heavy atom. The van der Waals surface area contributed by atoms with Gasteiger partial charge in [0, 0.05) is 11.4 Å². The number of hydrogen-bond donors (Lipinski definition) is 2. The zero-order chi connectivity index (χ0) is 14.4. The smallest absolute Gasteiger partial charge is 0.252 e. The minimum Gasteiger partial charge on any atom is -0.349 e. The summed E-state index contributed by atoms with van der Waals surface area (Å²) < 4.78 is 0. The first-order valence-electron chi connectivity index (χ1n) is 7.29. The highest BCUT2D eigenvalue weighted by Crippen LogP contribution is 2.23. The molecule has 1 aromatic heterocycles. The van der Waals surface area contributed by atoms with Gasteiger partial charge in [0.1, 0.15) is 0 Å². The molecule has 108 valence electrons. The lowest BCUT2D eigenvalue weighted by molar-refractivity contribution is 0.0922. The highest BCUT2D eigenvalue weighted by molar-refractivity contribution is 7.10. The highest BCUT2D eigenvalue weighted by atomic mass is 32.1. The lowest BCUT2D eigenvalue weighted by Crippen LogP contribution is -2.38. The maximum Gasteiger partial charge on any atom is 0.252 e. The zero-order valence-corrected chi connectivity index (χ0v) is 12.8. The van der Waals surface area contributed by atoms with E-state index in [1.807, 2.05) is 11.4 Å². The van der Waals surface area contributed by atoms with Crippen LogP contribution in [-0.4, -0.2) is 18.5 Å². The fourth-order valence-corrected chi connectivity index (χ4v) is 3.37. The van der Waals surface area contributed by atoms with E-state index < -0.39 is 0 Å². The van der Waals surface area contributed by atoms with Crippen molar-refractivity contribution in [3.8, 4) is 11.8 Å². The number of nitrogens with two attached hydrogens (primary N) is 1. The first-order chi connectivity index (χ1) is 9.70. The second-order valence-corrected chi connectivity index (χ2v) is 6.31. The summed E-state index contributed by atoms with van der Waals surface area (Å²) in [5.74, 6) is 6.37. The molecule has 0 bridgehead atoms. The van der Waals surface area contributed by atoms with Gasteiger partial charge in [-0.2, -0.15) is 0 Å². The average molecular weight is 290 g/mol. The van der Waals surface area contributed by atoms with Gasteiger partial charge in [-0.3, -0.25) is 4.79 Å². The quantitative estimate of drug-likeness (QED) is 0.650. The van der Waals surface area contributed by atoms with E-state index >= 15 is 0 Å². The summed E-state index contributed by atoms with van der Waals surface area (Å²) in [5.41, 5.74) is 6.06. The van der Waals surface area contributed by atoms with Crippen LogP contribution in [0.2, 0.25) is 0 Å². The van der Waals surface area contributed by atoms with E-state index in [1.54, 1.807) is 0 Å². The summed E-state index contributed by atoms with van der Waals surface area (Å²) in [5, 5.41) is 5.06. The molecule has 1 aromatic rings. The minimum atomic E-state index is 0.0285. The Morgan fingerprint density at radius 2 is 2.25 bits per heavy atom. The molecular formula is C16H22N2OS. The van der Waals surface area contributed by atoms with Crippen LogP contribution in [0.4, 0.5) is 0 Å². The second-order valence-electron chi connectivity index (χ2n) is 5.40. The lowest BCUT2D eigenvalue weighted by Gasteiger charge is -2.22. The molecule has 0 spiro atoms. The third-order valence-corrected chi connectivity index (χ3v) is 4.70. The zero-order valence-electron chi connectivity index (χ0n) is 11.9. The molecule has 1 amide bonds. The molecule has 4 heteroatoms. The van der Waals surface area contributed by atoms with E-state index in [9.17, 15) is 4.79 Å². The first-order valence-corrected chi connectivity index (χ1v) is 8.17.